The molecule has 0 unspecified atom stereocenters. The summed E-state index contributed by atoms with van der Waals surface area (Å²) in [6.07, 6.45) is -3.11. The van der Waals surface area contributed by atoms with Gasteiger partial charge in [-0.25, -0.2) is 9.98 Å². The van der Waals surface area contributed by atoms with Crippen molar-refractivity contribution in [1.82, 2.24) is 4.98 Å². The van der Waals surface area contributed by atoms with Crippen LogP contribution >= 0.6 is 0 Å². The van der Waals surface area contributed by atoms with E-state index in [1.165, 1.54) is 36.5 Å². The van der Waals surface area contributed by atoms with Gasteiger partial charge in [0.25, 0.3) is 0 Å². The smallest absolute Gasteiger partial charge is 0.237 e. The fourth-order valence-electron chi connectivity index (χ4n) is 1.42. The molecule has 0 spiro atoms. The lowest BCUT2D eigenvalue weighted by Gasteiger charge is -2.10. The van der Waals surface area contributed by atoms with Crippen molar-refractivity contribution in [2.75, 3.05) is 0 Å². The molecule has 92 valence electrons. The van der Waals surface area contributed by atoms with Gasteiger partial charge in [0.05, 0.1) is 0 Å². The third-order valence-corrected chi connectivity index (χ3v) is 2.19. The summed E-state index contributed by atoms with van der Waals surface area (Å²) >= 11 is 0. The molecular weight excluding hydrogens is 241 g/mol. The van der Waals surface area contributed by atoms with E-state index in [0.29, 0.717) is 0 Å². The highest BCUT2D eigenvalue weighted by atomic mass is 19.4. The van der Waals surface area contributed by atoms with Crippen LogP contribution in [0.5, 0.6) is 0 Å². The maximum atomic E-state index is 12.9. The van der Waals surface area contributed by atoms with Crippen LogP contribution in [0.1, 0.15) is 5.56 Å². The average molecular weight is 250 g/mol. The van der Waals surface area contributed by atoms with E-state index in [0.717, 1.165) is 0 Å². The Hall–Kier alpha value is -2.17. The molecule has 0 aliphatic carbocycles. The molecule has 0 bridgehead atoms. The first-order chi connectivity index (χ1) is 8.57. The Balaban J connectivity index is 2.48. The Kier molecular flexibility index (Phi) is 3.41. The SMILES string of the molecule is FC(F)(F)/C(=N/c1ccccn1)c1ccccc1. The average Bonchev–Trinajstić information content (AvgIpc) is 2.37. The third-order valence-electron chi connectivity index (χ3n) is 2.19. The molecule has 0 atom stereocenters. The van der Waals surface area contributed by atoms with Crippen LogP contribution in [-0.4, -0.2) is 16.9 Å². The van der Waals surface area contributed by atoms with E-state index in [4.69, 9.17) is 0 Å². The van der Waals surface area contributed by atoms with E-state index in [1.807, 2.05) is 0 Å². The van der Waals surface area contributed by atoms with Gasteiger partial charge in [-0.1, -0.05) is 36.4 Å². The van der Waals surface area contributed by atoms with Crippen LogP contribution in [0.25, 0.3) is 0 Å². The summed E-state index contributed by atoms with van der Waals surface area (Å²) < 4.78 is 38.8. The van der Waals surface area contributed by atoms with Crippen molar-refractivity contribution >= 4 is 11.5 Å². The molecule has 0 saturated heterocycles. The van der Waals surface area contributed by atoms with E-state index in [-0.39, 0.29) is 11.4 Å². The lowest BCUT2D eigenvalue weighted by Crippen LogP contribution is -2.23. The highest BCUT2D eigenvalue weighted by Gasteiger charge is 2.36. The minimum absolute atomic E-state index is 0.0238. The predicted octanol–water partition coefficient (Wildman–Crippen LogP) is 3.76. The molecule has 2 aromatic rings. The molecule has 5 heteroatoms. The predicted molar refractivity (Wildman–Crippen MR) is 62.9 cm³/mol. The van der Waals surface area contributed by atoms with E-state index in [9.17, 15) is 13.2 Å². The van der Waals surface area contributed by atoms with Crippen LogP contribution in [-0.2, 0) is 0 Å². The number of pyridine rings is 1. The first kappa shape index (κ1) is 12.3. The minimum atomic E-state index is -4.52. The van der Waals surface area contributed by atoms with Gasteiger partial charge < -0.3 is 0 Å². The highest BCUT2D eigenvalue weighted by Crippen LogP contribution is 2.24. The first-order valence-electron chi connectivity index (χ1n) is 5.20. The summed E-state index contributed by atoms with van der Waals surface area (Å²) in [6, 6.07) is 12.1. The molecule has 0 fully saturated rings. The molecule has 1 heterocycles. The van der Waals surface area contributed by atoms with Crippen molar-refractivity contribution in [3.05, 3.63) is 60.3 Å². The van der Waals surface area contributed by atoms with Gasteiger partial charge in [-0.15, -0.1) is 0 Å². The minimum Gasteiger partial charge on any atom is -0.237 e. The molecule has 2 rings (SSSR count). The molecule has 0 amide bonds. The fourth-order valence-corrected chi connectivity index (χ4v) is 1.42. The molecule has 0 saturated carbocycles. The summed E-state index contributed by atoms with van der Waals surface area (Å²) in [5.41, 5.74) is -0.919. The molecule has 0 radical (unpaired) electrons. The van der Waals surface area contributed by atoms with Crippen molar-refractivity contribution in [2.45, 2.75) is 6.18 Å². The van der Waals surface area contributed by atoms with E-state index >= 15 is 0 Å². The molecular formula is C13H9F3N2. The number of benzene rings is 1. The maximum absolute atomic E-state index is 12.9. The molecule has 2 nitrogen and oxygen atoms in total. The van der Waals surface area contributed by atoms with Crippen molar-refractivity contribution in [3.8, 4) is 0 Å². The summed E-state index contributed by atoms with van der Waals surface area (Å²) in [7, 11) is 0. The number of alkyl halides is 3. The summed E-state index contributed by atoms with van der Waals surface area (Å²) in [4.78, 5) is 7.35. The Morgan fingerprint density at radius 3 is 2.17 bits per heavy atom. The number of hydrogen-bond acceptors (Lipinski definition) is 2. The fraction of sp³-hybridized carbons (Fsp3) is 0.0769. The number of nitrogens with zero attached hydrogens (tertiary/aromatic N) is 2. The van der Waals surface area contributed by atoms with Gasteiger partial charge in [-0.3, -0.25) is 0 Å². The quantitative estimate of drug-likeness (QED) is 0.745. The Bertz CT molecular complexity index is 533. The molecule has 0 N–H and O–H groups in total. The van der Waals surface area contributed by atoms with Crippen molar-refractivity contribution in [3.63, 3.8) is 0 Å². The van der Waals surface area contributed by atoms with Crippen molar-refractivity contribution in [1.29, 1.82) is 0 Å². The molecule has 0 aliphatic rings. The second kappa shape index (κ2) is 5.00. The lowest BCUT2D eigenvalue weighted by molar-refractivity contribution is -0.0580. The van der Waals surface area contributed by atoms with Gasteiger partial charge in [0, 0.05) is 11.8 Å². The van der Waals surface area contributed by atoms with Gasteiger partial charge in [-0.2, -0.15) is 13.2 Å². The van der Waals surface area contributed by atoms with Gasteiger partial charge in [0.2, 0.25) is 0 Å². The largest absolute Gasteiger partial charge is 0.434 e. The van der Waals surface area contributed by atoms with Crippen LogP contribution in [0.2, 0.25) is 0 Å². The van der Waals surface area contributed by atoms with Crippen molar-refractivity contribution in [2.24, 2.45) is 4.99 Å². The molecule has 0 aliphatic heterocycles. The Morgan fingerprint density at radius 1 is 0.944 bits per heavy atom. The standard InChI is InChI=1S/C13H9F3N2/c14-13(15,16)12(10-6-2-1-3-7-10)18-11-8-4-5-9-17-11/h1-9H/b18-12+. The number of hydrogen-bond donors (Lipinski definition) is 0. The zero-order chi connectivity index (χ0) is 13.0. The number of aromatic nitrogens is 1. The third kappa shape index (κ3) is 2.94. The van der Waals surface area contributed by atoms with Crippen LogP contribution in [0.3, 0.4) is 0 Å². The van der Waals surface area contributed by atoms with Crippen LogP contribution in [0.15, 0.2) is 59.7 Å². The molecule has 1 aromatic heterocycles. The summed E-state index contributed by atoms with van der Waals surface area (Å²) in [6.45, 7) is 0. The zero-order valence-electron chi connectivity index (χ0n) is 9.22. The van der Waals surface area contributed by atoms with Gasteiger partial charge in [0.15, 0.2) is 11.5 Å². The van der Waals surface area contributed by atoms with Crippen molar-refractivity contribution < 1.29 is 13.2 Å². The van der Waals surface area contributed by atoms with E-state index < -0.39 is 11.9 Å². The second-order valence-electron chi connectivity index (χ2n) is 3.51. The Labute approximate surface area is 102 Å². The normalized spacial score (nSPS) is 12.5. The van der Waals surface area contributed by atoms with Gasteiger partial charge in [-0.05, 0) is 12.1 Å². The lowest BCUT2D eigenvalue weighted by atomic mass is 10.1. The number of halogens is 3. The highest BCUT2D eigenvalue weighted by molar-refractivity contribution is 6.05. The topological polar surface area (TPSA) is 25.2 Å². The van der Waals surface area contributed by atoms with E-state index in [2.05, 4.69) is 9.98 Å². The summed E-state index contributed by atoms with van der Waals surface area (Å²) in [5.74, 6) is 0.0358. The second-order valence-corrected chi connectivity index (χ2v) is 3.51. The first-order valence-corrected chi connectivity index (χ1v) is 5.20. The van der Waals surface area contributed by atoms with Crippen LogP contribution < -0.4 is 0 Å². The van der Waals surface area contributed by atoms with Gasteiger partial charge in [0.1, 0.15) is 0 Å². The number of aliphatic imine (C=N–C) groups is 1. The van der Waals surface area contributed by atoms with Crippen LogP contribution in [0.4, 0.5) is 19.0 Å². The molecule has 1 aromatic carbocycles. The Morgan fingerprint density at radius 2 is 1.61 bits per heavy atom. The van der Waals surface area contributed by atoms with Crippen LogP contribution in [0, 0.1) is 0 Å². The van der Waals surface area contributed by atoms with Gasteiger partial charge >= 0.3 is 6.18 Å². The monoisotopic (exact) mass is 250 g/mol. The maximum Gasteiger partial charge on any atom is 0.434 e. The van der Waals surface area contributed by atoms with E-state index in [1.54, 1.807) is 18.2 Å². The summed E-state index contributed by atoms with van der Waals surface area (Å²) in [5, 5.41) is 0. The number of rotatable bonds is 2. The zero-order valence-corrected chi connectivity index (χ0v) is 9.22. The molecule has 18 heavy (non-hydrogen) atoms.